The molecule has 0 aliphatic carbocycles. The first-order valence-corrected chi connectivity index (χ1v) is 7.26. The van der Waals surface area contributed by atoms with Gasteiger partial charge in [-0.2, -0.15) is 18.3 Å². The van der Waals surface area contributed by atoms with Gasteiger partial charge < -0.3 is 5.73 Å². The second-order valence-corrected chi connectivity index (χ2v) is 5.73. The largest absolute Gasteiger partial charge is 0.419 e. The lowest BCUT2D eigenvalue weighted by molar-refractivity contribution is -0.137. The van der Waals surface area contributed by atoms with E-state index in [9.17, 15) is 13.2 Å². The van der Waals surface area contributed by atoms with Crippen molar-refractivity contribution in [3.05, 3.63) is 46.2 Å². The summed E-state index contributed by atoms with van der Waals surface area (Å²) in [6.45, 7) is 1.97. The minimum atomic E-state index is -4.40. The summed E-state index contributed by atoms with van der Waals surface area (Å²) in [5.41, 5.74) is 6.65. The van der Waals surface area contributed by atoms with E-state index in [1.165, 1.54) is 4.68 Å². The van der Waals surface area contributed by atoms with Crippen molar-refractivity contribution in [2.75, 3.05) is 0 Å². The molecule has 3 nitrogen and oxygen atoms in total. The fourth-order valence-corrected chi connectivity index (χ4v) is 2.38. The highest BCUT2D eigenvalue weighted by Gasteiger charge is 2.32. The summed E-state index contributed by atoms with van der Waals surface area (Å²) in [7, 11) is 0. The first-order chi connectivity index (χ1) is 9.81. The Morgan fingerprint density at radius 2 is 2.10 bits per heavy atom. The number of aromatic nitrogens is 2. The van der Waals surface area contributed by atoms with Crippen LogP contribution < -0.4 is 5.73 Å². The number of benzene rings is 1. The molecule has 1 atom stereocenters. The zero-order valence-electron chi connectivity index (χ0n) is 11.4. The molecule has 0 spiro atoms. The second-order valence-electron chi connectivity index (χ2n) is 4.82. The SMILES string of the molecule is CCC(N)Cc1cc(Br)ccc1-n1cc(C(F)(F)F)cn1. The molecule has 0 radical (unpaired) electrons. The van der Waals surface area contributed by atoms with E-state index in [2.05, 4.69) is 21.0 Å². The van der Waals surface area contributed by atoms with Crippen LogP contribution >= 0.6 is 15.9 Å². The molecule has 0 amide bonds. The molecule has 1 aromatic carbocycles. The molecular weight excluding hydrogens is 347 g/mol. The molecule has 0 fully saturated rings. The number of hydrogen-bond donors (Lipinski definition) is 1. The number of rotatable bonds is 4. The zero-order chi connectivity index (χ0) is 15.6. The summed E-state index contributed by atoms with van der Waals surface area (Å²) in [6.07, 6.45) is -1.21. The van der Waals surface area contributed by atoms with E-state index >= 15 is 0 Å². The normalized spacial score (nSPS) is 13.4. The molecule has 2 aromatic rings. The maximum absolute atomic E-state index is 12.7. The van der Waals surface area contributed by atoms with E-state index in [0.717, 1.165) is 28.9 Å². The van der Waals surface area contributed by atoms with Crippen molar-refractivity contribution < 1.29 is 13.2 Å². The molecule has 0 saturated carbocycles. The van der Waals surface area contributed by atoms with Gasteiger partial charge in [0, 0.05) is 16.7 Å². The van der Waals surface area contributed by atoms with Crippen molar-refractivity contribution in [3.63, 3.8) is 0 Å². The van der Waals surface area contributed by atoms with Crippen LogP contribution in [0.25, 0.3) is 5.69 Å². The number of nitrogens with zero attached hydrogens (tertiary/aromatic N) is 2. The van der Waals surface area contributed by atoms with Crippen molar-refractivity contribution in [1.29, 1.82) is 0 Å². The molecule has 0 aliphatic heterocycles. The molecule has 1 unspecified atom stereocenters. The number of hydrogen-bond acceptors (Lipinski definition) is 2. The molecular formula is C14H15BrF3N3. The third-order valence-corrected chi connectivity index (χ3v) is 3.70. The third-order valence-electron chi connectivity index (χ3n) is 3.20. The molecule has 2 N–H and O–H groups in total. The maximum atomic E-state index is 12.7. The first kappa shape index (κ1) is 16.0. The van der Waals surface area contributed by atoms with Crippen LogP contribution in [0, 0.1) is 0 Å². The lowest BCUT2D eigenvalue weighted by Gasteiger charge is -2.14. The van der Waals surface area contributed by atoms with Crippen molar-refractivity contribution >= 4 is 15.9 Å². The van der Waals surface area contributed by atoms with Gasteiger partial charge in [0.2, 0.25) is 0 Å². The van der Waals surface area contributed by atoms with Crippen molar-refractivity contribution in [1.82, 2.24) is 9.78 Å². The molecule has 2 rings (SSSR count). The second kappa shape index (κ2) is 6.19. The topological polar surface area (TPSA) is 43.8 Å². The number of nitrogens with two attached hydrogens (primary N) is 1. The van der Waals surface area contributed by atoms with Crippen LogP contribution in [-0.4, -0.2) is 15.8 Å². The van der Waals surface area contributed by atoms with Gasteiger partial charge in [0.05, 0.1) is 17.4 Å². The summed E-state index contributed by atoms with van der Waals surface area (Å²) < 4.78 is 40.1. The fourth-order valence-electron chi connectivity index (χ4n) is 1.97. The summed E-state index contributed by atoms with van der Waals surface area (Å²) in [6, 6.07) is 5.32. The maximum Gasteiger partial charge on any atom is 0.419 e. The minimum absolute atomic E-state index is 0.0456. The Balaban J connectivity index is 2.41. The van der Waals surface area contributed by atoms with Gasteiger partial charge in [0.1, 0.15) is 0 Å². The lowest BCUT2D eigenvalue weighted by Crippen LogP contribution is -2.22. The van der Waals surface area contributed by atoms with Gasteiger partial charge in [0.15, 0.2) is 0 Å². The quantitative estimate of drug-likeness (QED) is 0.896. The Morgan fingerprint density at radius 3 is 2.67 bits per heavy atom. The summed E-state index contributed by atoms with van der Waals surface area (Å²) in [4.78, 5) is 0. The molecule has 7 heteroatoms. The summed E-state index contributed by atoms with van der Waals surface area (Å²) >= 11 is 3.37. The average Bonchev–Trinajstić information content (AvgIpc) is 2.88. The van der Waals surface area contributed by atoms with E-state index in [-0.39, 0.29) is 6.04 Å². The van der Waals surface area contributed by atoms with Crippen LogP contribution in [-0.2, 0) is 12.6 Å². The van der Waals surface area contributed by atoms with E-state index < -0.39 is 11.7 Å². The highest BCUT2D eigenvalue weighted by molar-refractivity contribution is 9.10. The van der Waals surface area contributed by atoms with E-state index in [4.69, 9.17) is 5.73 Å². The predicted molar refractivity (Wildman–Crippen MR) is 78.2 cm³/mol. The van der Waals surface area contributed by atoms with Gasteiger partial charge in [0.25, 0.3) is 0 Å². The molecule has 1 heterocycles. The Kier molecular flexibility index (Phi) is 4.73. The molecule has 0 bridgehead atoms. The van der Waals surface area contributed by atoms with Crippen molar-refractivity contribution in [3.8, 4) is 5.69 Å². The minimum Gasteiger partial charge on any atom is -0.327 e. The highest BCUT2D eigenvalue weighted by atomic mass is 79.9. The predicted octanol–water partition coefficient (Wildman–Crippen LogP) is 3.93. The van der Waals surface area contributed by atoms with Gasteiger partial charge in [-0.3, -0.25) is 0 Å². The van der Waals surface area contributed by atoms with Crippen molar-refractivity contribution in [2.24, 2.45) is 5.73 Å². The number of alkyl halides is 3. The van der Waals surface area contributed by atoms with Gasteiger partial charge >= 0.3 is 6.18 Å². The lowest BCUT2D eigenvalue weighted by atomic mass is 10.0. The van der Waals surface area contributed by atoms with Gasteiger partial charge in [-0.15, -0.1) is 0 Å². The third kappa shape index (κ3) is 3.85. The van der Waals surface area contributed by atoms with Crippen LogP contribution in [0.15, 0.2) is 35.1 Å². The van der Waals surface area contributed by atoms with E-state index in [1.54, 1.807) is 12.1 Å². The summed E-state index contributed by atoms with van der Waals surface area (Å²) in [5.74, 6) is 0. The average molecular weight is 362 g/mol. The standard InChI is InChI=1S/C14H15BrF3N3/c1-2-12(19)6-9-5-11(15)3-4-13(9)21-8-10(7-20-21)14(16,17)18/h3-5,7-8,12H,2,6,19H2,1H3. The Hall–Kier alpha value is -1.34. The van der Waals surface area contributed by atoms with E-state index in [1.807, 2.05) is 13.0 Å². The van der Waals surface area contributed by atoms with Crippen LogP contribution in [0.4, 0.5) is 13.2 Å². The zero-order valence-corrected chi connectivity index (χ0v) is 12.9. The number of halogens is 4. The fraction of sp³-hybridized carbons (Fsp3) is 0.357. The highest BCUT2D eigenvalue weighted by Crippen LogP contribution is 2.30. The molecule has 114 valence electrons. The monoisotopic (exact) mass is 361 g/mol. The Morgan fingerprint density at radius 1 is 1.38 bits per heavy atom. The molecule has 0 saturated heterocycles. The smallest absolute Gasteiger partial charge is 0.327 e. The Labute approximate surface area is 129 Å². The van der Waals surface area contributed by atoms with E-state index in [0.29, 0.717) is 12.1 Å². The van der Waals surface area contributed by atoms with Gasteiger partial charge in [-0.1, -0.05) is 22.9 Å². The van der Waals surface area contributed by atoms with Crippen LogP contribution in [0.3, 0.4) is 0 Å². The van der Waals surface area contributed by atoms with Crippen LogP contribution in [0.1, 0.15) is 24.5 Å². The van der Waals surface area contributed by atoms with Crippen molar-refractivity contribution in [2.45, 2.75) is 32.0 Å². The molecule has 21 heavy (non-hydrogen) atoms. The van der Waals surface area contributed by atoms with Crippen LogP contribution in [0.5, 0.6) is 0 Å². The Bertz CT molecular complexity index is 622. The van der Waals surface area contributed by atoms with Gasteiger partial charge in [-0.25, -0.2) is 4.68 Å². The summed E-state index contributed by atoms with van der Waals surface area (Å²) in [5, 5.41) is 3.82. The van der Waals surface area contributed by atoms with Crippen LogP contribution in [0.2, 0.25) is 0 Å². The van der Waals surface area contributed by atoms with Gasteiger partial charge in [-0.05, 0) is 36.6 Å². The molecule has 1 aromatic heterocycles. The molecule has 0 aliphatic rings. The first-order valence-electron chi connectivity index (χ1n) is 6.47.